The minimum atomic E-state index is -1.11. The molecule has 96 valence electrons. The number of quaternary nitrogens is 1. The van der Waals surface area contributed by atoms with Crippen LogP contribution in [0, 0.1) is 5.21 Å². The molecule has 1 unspecified atom stereocenters. The van der Waals surface area contributed by atoms with Crippen molar-refractivity contribution in [2.45, 2.75) is 12.5 Å². The zero-order valence-corrected chi connectivity index (χ0v) is 9.38. The van der Waals surface area contributed by atoms with Crippen molar-refractivity contribution in [3.63, 3.8) is 0 Å². The highest BCUT2D eigenvalue weighted by Gasteiger charge is 2.18. The van der Waals surface area contributed by atoms with Crippen LogP contribution in [0.4, 0.5) is 5.69 Å². The minimum absolute atomic E-state index is 0.0830. The molecule has 2 atom stereocenters. The van der Waals surface area contributed by atoms with Gasteiger partial charge in [0.1, 0.15) is 6.04 Å². The van der Waals surface area contributed by atoms with Gasteiger partial charge in [-0.1, -0.05) is 6.07 Å². The van der Waals surface area contributed by atoms with Gasteiger partial charge in [-0.2, -0.15) is 5.23 Å². The summed E-state index contributed by atoms with van der Waals surface area (Å²) in [5.41, 5.74) is 6.85. The van der Waals surface area contributed by atoms with E-state index in [4.69, 9.17) is 16.0 Å². The Morgan fingerprint density at radius 3 is 2.89 bits per heavy atom. The normalized spacial score (nSPS) is 14.6. The molecule has 0 amide bonds. The lowest BCUT2D eigenvalue weighted by molar-refractivity contribution is -0.990. The molecule has 0 spiro atoms. The van der Waals surface area contributed by atoms with Crippen LogP contribution < -0.4 is 11.0 Å². The second kappa shape index (κ2) is 4.75. The van der Waals surface area contributed by atoms with E-state index in [0.29, 0.717) is 16.5 Å². The highest BCUT2D eigenvalue weighted by atomic mass is 16.8. The van der Waals surface area contributed by atoms with Crippen LogP contribution in [0.3, 0.4) is 0 Å². The topological polar surface area (TPSA) is 127 Å². The third-order valence-electron chi connectivity index (χ3n) is 2.77. The van der Waals surface area contributed by atoms with Gasteiger partial charge in [0.25, 0.3) is 0 Å². The molecule has 2 rings (SSSR count). The van der Waals surface area contributed by atoms with E-state index in [1.54, 1.807) is 18.3 Å². The van der Waals surface area contributed by atoms with Crippen molar-refractivity contribution in [3.05, 3.63) is 35.2 Å². The zero-order chi connectivity index (χ0) is 13.3. The SMILES string of the molecule is N[C@@H](Cc1c[nH]c2cccc([NH+]([O-])O)c12)C(=O)O. The molecule has 0 aliphatic heterocycles. The van der Waals surface area contributed by atoms with Crippen molar-refractivity contribution in [3.8, 4) is 0 Å². The molecule has 7 heteroatoms. The number of carbonyl (C=O) groups is 1. The van der Waals surface area contributed by atoms with Crippen molar-refractivity contribution in [2.75, 3.05) is 0 Å². The van der Waals surface area contributed by atoms with Gasteiger partial charge in [0.15, 0.2) is 5.69 Å². The molecule has 6 N–H and O–H groups in total. The highest BCUT2D eigenvalue weighted by Crippen LogP contribution is 2.25. The van der Waals surface area contributed by atoms with Crippen LogP contribution in [0.25, 0.3) is 10.9 Å². The van der Waals surface area contributed by atoms with E-state index in [-0.39, 0.29) is 12.1 Å². The molecule has 18 heavy (non-hydrogen) atoms. The summed E-state index contributed by atoms with van der Waals surface area (Å²) < 4.78 is 0. The van der Waals surface area contributed by atoms with E-state index >= 15 is 0 Å². The third-order valence-corrected chi connectivity index (χ3v) is 2.77. The number of carboxylic acids is 1. The van der Waals surface area contributed by atoms with Gasteiger partial charge in [0.2, 0.25) is 0 Å². The number of carboxylic acid groups (broad SMARTS) is 1. The van der Waals surface area contributed by atoms with Crippen LogP contribution in [0.1, 0.15) is 5.56 Å². The molecular weight excluding hydrogens is 238 g/mol. The zero-order valence-electron chi connectivity index (χ0n) is 9.38. The summed E-state index contributed by atoms with van der Waals surface area (Å²) in [5.74, 6) is -1.11. The van der Waals surface area contributed by atoms with E-state index in [1.165, 1.54) is 6.07 Å². The van der Waals surface area contributed by atoms with E-state index in [0.717, 1.165) is 0 Å². The fraction of sp³-hybridized carbons (Fsp3) is 0.182. The maximum atomic E-state index is 11.1. The molecule has 1 aromatic heterocycles. The van der Waals surface area contributed by atoms with Crippen molar-refractivity contribution in [1.82, 2.24) is 4.98 Å². The number of H-pyrrole nitrogens is 1. The van der Waals surface area contributed by atoms with E-state index in [1.807, 2.05) is 0 Å². The maximum Gasteiger partial charge on any atom is 0.320 e. The fourth-order valence-corrected chi connectivity index (χ4v) is 1.92. The van der Waals surface area contributed by atoms with Crippen molar-refractivity contribution in [1.29, 1.82) is 0 Å². The third kappa shape index (κ3) is 2.20. The Bertz CT molecular complexity index is 579. The number of rotatable bonds is 4. The lowest BCUT2D eigenvalue weighted by Gasteiger charge is -2.14. The van der Waals surface area contributed by atoms with Gasteiger partial charge in [-0.05, 0) is 11.6 Å². The van der Waals surface area contributed by atoms with Crippen molar-refractivity contribution >= 4 is 22.6 Å². The predicted molar refractivity (Wildman–Crippen MR) is 63.4 cm³/mol. The monoisotopic (exact) mass is 251 g/mol. The van der Waals surface area contributed by atoms with Crippen LogP contribution in [-0.4, -0.2) is 27.3 Å². The molecule has 0 fully saturated rings. The first-order valence-corrected chi connectivity index (χ1v) is 5.31. The molecule has 0 aliphatic carbocycles. The molecule has 0 aliphatic rings. The first-order valence-electron chi connectivity index (χ1n) is 5.31. The number of benzene rings is 1. The average Bonchev–Trinajstić information content (AvgIpc) is 2.72. The second-order valence-electron chi connectivity index (χ2n) is 4.00. The summed E-state index contributed by atoms with van der Waals surface area (Å²) in [6.45, 7) is 0. The number of hydrogen-bond acceptors (Lipinski definition) is 4. The van der Waals surface area contributed by atoms with Crippen LogP contribution in [0.2, 0.25) is 0 Å². The quantitative estimate of drug-likeness (QED) is 0.469. The van der Waals surface area contributed by atoms with Gasteiger partial charge in [-0.25, -0.2) is 5.21 Å². The maximum absolute atomic E-state index is 11.1. The molecule has 0 saturated heterocycles. The van der Waals surface area contributed by atoms with E-state index in [2.05, 4.69) is 4.98 Å². The number of nitrogens with two attached hydrogens (primary N) is 1. The Hall–Kier alpha value is -1.93. The van der Waals surface area contributed by atoms with Gasteiger partial charge in [-0.15, -0.1) is 0 Å². The molecule has 0 bridgehead atoms. The number of fused-ring (bicyclic) bond motifs is 1. The summed E-state index contributed by atoms with van der Waals surface area (Å²) in [7, 11) is 0. The van der Waals surface area contributed by atoms with Gasteiger partial charge in [0.05, 0.1) is 10.9 Å². The Morgan fingerprint density at radius 2 is 2.28 bits per heavy atom. The molecule has 0 radical (unpaired) electrons. The van der Waals surface area contributed by atoms with Crippen molar-refractivity contribution < 1.29 is 20.3 Å². The Kier molecular flexibility index (Phi) is 3.30. The standard InChI is InChI=1S/C11H13N3O4/c12-7(11(15)16)4-6-5-13-8-2-1-3-9(10(6)8)14(17)18/h1-3,5,7,13-14,17H,4,12H2,(H,15,16)/t7-/m0/s1. The summed E-state index contributed by atoms with van der Waals surface area (Å²) >= 11 is 0. The Labute approximate surface area is 102 Å². The predicted octanol–water partition coefficient (Wildman–Crippen LogP) is -0.474. The number of aliphatic carboxylic acids is 1. The molecular formula is C11H13N3O4. The largest absolute Gasteiger partial charge is 0.595 e. The molecule has 1 heterocycles. The summed E-state index contributed by atoms with van der Waals surface area (Å²) in [4.78, 5) is 13.6. The van der Waals surface area contributed by atoms with E-state index < -0.39 is 17.2 Å². The fourth-order valence-electron chi connectivity index (χ4n) is 1.92. The van der Waals surface area contributed by atoms with Crippen molar-refractivity contribution in [2.24, 2.45) is 5.73 Å². The summed E-state index contributed by atoms with van der Waals surface area (Å²) in [6, 6.07) is 3.79. The molecule has 7 nitrogen and oxygen atoms in total. The van der Waals surface area contributed by atoms with Gasteiger partial charge >= 0.3 is 5.97 Å². The smallest absolute Gasteiger partial charge is 0.320 e. The van der Waals surface area contributed by atoms with Crippen LogP contribution in [-0.2, 0) is 11.2 Å². The second-order valence-corrected chi connectivity index (χ2v) is 4.00. The molecule has 0 saturated carbocycles. The van der Waals surface area contributed by atoms with Gasteiger partial charge in [0, 0.05) is 18.7 Å². The number of aromatic nitrogens is 1. The highest BCUT2D eigenvalue weighted by molar-refractivity contribution is 5.92. The van der Waals surface area contributed by atoms with Gasteiger partial charge in [-0.3, -0.25) is 4.79 Å². The lowest BCUT2D eigenvalue weighted by atomic mass is 10.0. The van der Waals surface area contributed by atoms with E-state index in [9.17, 15) is 10.0 Å². The summed E-state index contributed by atoms with van der Waals surface area (Å²) in [6.07, 6.45) is 1.68. The average molecular weight is 251 g/mol. The van der Waals surface area contributed by atoms with Crippen LogP contribution in [0.15, 0.2) is 24.4 Å². The number of hydrogen-bond donors (Lipinski definition) is 5. The van der Waals surface area contributed by atoms with Gasteiger partial charge < -0.3 is 21.0 Å². The first-order chi connectivity index (χ1) is 8.50. The number of aromatic amines is 1. The molecule has 2 aromatic rings. The minimum Gasteiger partial charge on any atom is -0.595 e. The number of nitrogens with one attached hydrogen (secondary N) is 2. The van der Waals surface area contributed by atoms with Crippen LogP contribution in [0.5, 0.6) is 0 Å². The molecule has 1 aromatic carbocycles. The Balaban J connectivity index is 2.48. The lowest BCUT2D eigenvalue weighted by Crippen LogP contribution is -2.99. The summed E-state index contributed by atoms with van der Waals surface area (Å²) in [5, 5.41) is 28.5. The first kappa shape index (κ1) is 12.5. The Morgan fingerprint density at radius 1 is 1.56 bits per heavy atom. The van der Waals surface area contributed by atoms with Crippen LogP contribution >= 0.6 is 0 Å².